The van der Waals surface area contributed by atoms with Gasteiger partial charge in [-0.3, -0.25) is 9.69 Å². The molecule has 1 aliphatic rings. The van der Waals surface area contributed by atoms with Gasteiger partial charge in [-0.1, -0.05) is 54.1 Å². The highest BCUT2D eigenvalue weighted by Crippen LogP contribution is 2.26. The third-order valence-corrected chi connectivity index (χ3v) is 6.27. The summed E-state index contributed by atoms with van der Waals surface area (Å²) in [6.07, 6.45) is 0. The summed E-state index contributed by atoms with van der Waals surface area (Å²) < 4.78 is 5.98. The first-order valence-electron chi connectivity index (χ1n) is 11.2. The summed E-state index contributed by atoms with van der Waals surface area (Å²) in [6.45, 7) is 8.65. The highest BCUT2D eigenvalue weighted by Gasteiger charge is 2.25. The first-order chi connectivity index (χ1) is 15.5. The molecular weight excluding hydrogens is 422 g/mol. The first kappa shape index (κ1) is 22.4. The molecule has 1 aromatic heterocycles. The van der Waals surface area contributed by atoms with Gasteiger partial charge in [0.2, 0.25) is 0 Å². The van der Waals surface area contributed by atoms with E-state index in [1.54, 1.807) is 6.07 Å². The smallest absolute Gasteiger partial charge is 0.289 e. The summed E-state index contributed by atoms with van der Waals surface area (Å²) in [4.78, 5) is 19.4. The van der Waals surface area contributed by atoms with Gasteiger partial charge in [-0.2, -0.15) is 0 Å². The molecule has 1 fully saturated rings. The van der Waals surface area contributed by atoms with E-state index in [1.165, 1.54) is 5.56 Å². The molecule has 6 heteroatoms. The maximum absolute atomic E-state index is 13.0. The second-order valence-corrected chi connectivity index (χ2v) is 8.89. The number of para-hydroxylation sites is 1. The number of halogens is 1. The van der Waals surface area contributed by atoms with E-state index in [1.807, 2.05) is 41.3 Å². The van der Waals surface area contributed by atoms with Gasteiger partial charge >= 0.3 is 0 Å². The predicted molar refractivity (Wildman–Crippen MR) is 129 cm³/mol. The minimum Gasteiger partial charge on any atom is -0.455 e. The Morgan fingerprint density at radius 2 is 1.62 bits per heavy atom. The van der Waals surface area contributed by atoms with Gasteiger partial charge in [0.25, 0.3) is 5.91 Å². The van der Waals surface area contributed by atoms with Gasteiger partial charge in [-0.05, 0) is 43.7 Å². The molecule has 0 bridgehead atoms. The monoisotopic (exact) mass is 451 g/mol. The minimum atomic E-state index is -0.0470. The Morgan fingerprint density at radius 3 is 2.31 bits per heavy atom. The summed E-state index contributed by atoms with van der Waals surface area (Å²) in [7, 11) is 0. The van der Waals surface area contributed by atoms with Crippen molar-refractivity contribution in [1.29, 1.82) is 0 Å². The summed E-state index contributed by atoms with van der Waals surface area (Å²) in [5.74, 6) is 1.18. The maximum Gasteiger partial charge on any atom is 0.289 e. The number of amides is 1. The molecular formula is C26H30ClN3O2. The highest BCUT2D eigenvalue weighted by atomic mass is 35.5. The molecule has 1 saturated heterocycles. The SMILES string of the molecule is CC(C)N(Cc1ccccc1)Cc1ccc(C(=O)N2CCN(c3ccccc3Cl)CC2)o1. The highest BCUT2D eigenvalue weighted by molar-refractivity contribution is 6.33. The molecule has 0 atom stereocenters. The third kappa shape index (κ3) is 5.34. The van der Waals surface area contributed by atoms with Crippen LogP contribution in [0.1, 0.15) is 35.7 Å². The second kappa shape index (κ2) is 10.2. The Morgan fingerprint density at radius 1 is 0.938 bits per heavy atom. The molecule has 1 aliphatic heterocycles. The zero-order valence-corrected chi connectivity index (χ0v) is 19.5. The van der Waals surface area contributed by atoms with Crippen LogP contribution in [0.2, 0.25) is 5.02 Å². The lowest BCUT2D eigenvalue weighted by atomic mass is 10.2. The first-order valence-corrected chi connectivity index (χ1v) is 11.5. The van der Waals surface area contributed by atoms with Crippen LogP contribution in [0.25, 0.3) is 0 Å². The number of carbonyl (C=O) groups is 1. The largest absolute Gasteiger partial charge is 0.455 e. The zero-order valence-electron chi connectivity index (χ0n) is 18.7. The number of nitrogens with zero attached hydrogens (tertiary/aromatic N) is 3. The Bertz CT molecular complexity index is 1030. The Labute approximate surface area is 195 Å². The number of benzene rings is 2. The minimum absolute atomic E-state index is 0.0470. The lowest BCUT2D eigenvalue weighted by Gasteiger charge is -2.36. The van der Waals surface area contributed by atoms with Crippen LogP contribution in [-0.4, -0.2) is 47.9 Å². The molecule has 2 heterocycles. The van der Waals surface area contributed by atoms with E-state index in [-0.39, 0.29) is 5.91 Å². The van der Waals surface area contributed by atoms with Crippen molar-refractivity contribution >= 4 is 23.2 Å². The molecule has 0 N–H and O–H groups in total. The molecule has 0 aliphatic carbocycles. The van der Waals surface area contributed by atoms with Crippen molar-refractivity contribution < 1.29 is 9.21 Å². The van der Waals surface area contributed by atoms with Gasteiger partial charge in [0, 0.05) is 38.8 Å². The van der Waals surface area contributed by atoms with Crippen LogP contribution < -0.4 is 4.90 Å². The van der Waals surface area contributed by atoms with E-state index in [9.17, 15) is 4.79 Å². The van der Waals surface area contributed by atoms with Crippen LogP contribution in [0.4, 0.5) is 5.69 Å². The normalized spacial score (nSPS) is 14.4. The van der Waals surface area contributed by atoms with Gasteiger partial charge in [-0.25, -0.2) is 0 Å². The van der Waals surface area contributed by atoms with E-state index in [0.29, 0.717) is 31.4 Å². The Kier molecular flexibility index (Phi) is 7.18. The van der Waals surface area contributed by atoms with E-state index in [0.717, 1.165) is 36.1 Å². The number of furan rings is 1. The number of hydrogen-bond donors (Lipinski definition) is 0. The van der Waals surface area contributed by atoms with Gasteiger partial charge in [-0.15, -0.1) is 0 Å². The Balaban J connectivity index is 1.36. The van der Waals surface area contributed by atoms with E-state index < -0.39 is 0 Å². The number of hydrogen-bond acceptors (Lipinski definition) is 4. The predicted octanol–water partition coefficient (Wildman–Crippen LogP) is 5.31. The molecule has 3 aromatic rings. The number of anilines is 1. The van der Waals surface area contributed by atoms with Gasteiger partial charge < -0.3 is 14.2 Å². The standard InChI is InChI=1S/C26H30ClN3O2/c1-20(2)30(18-21-8-4-3-5-9-21)19-22-12-13-25(32-22)26(31)29-16-14-28(15-17-29)24-11-7-6-10-23(24)27/h3-13,20H,14-19H2,1-2H3. The van der Waals surface area contributed by atoms with Crippen molar-refractivity contribution in [2.24, 2.45) is 0 Å². The fraction of sp³-hybridized carbons (Fsp3) is 0.346. The van der Waals surface area contributed by atoms with Crippen molar-refractivity contribution in [2.75, 3.05) is 31.1 Å². The maximum atomic E-state index is 13.0. The average Bonchev–Trinajstić information content (AvgIpc) is 3.28. The van der Waals surface area contributed by atoms with Crippen molar-refractivity contribution in [1.82, 2.24) is 9.80 Å². The van der Waals surface area contributed by atoms with Crippen LogP contribution in [-0.2, 0) is 13.1 Å². The molecule has 0 unspecified atom stereocenters. The quantitative estimate of drug-likeness (QED) is 0.488. The fourth-order valence-corrected chi connectivity index (χ4v) is 4.29. The lowest BCUT2D eigenvalue weighted by Crippen LogP contribution is -2.48. The van der Waals surface area contributed by atoms with Crippen LogP contribution >= 0.6 is 11.6 Å². The van der Waals surface area contributed by atoms with Crippen molar-refractivity contribution in [3.8, 4) is 0 Å². The lowest BCUT2D eigenvalue weighted by molar-refractivity contribution is 0.0709. The summed E-state index contributed by atoms with van der Waals surface area (Å²) in [5, 5.41) is 0.744. The average molecular weight is 452 g/mol. The van der Waals surface area contributed by atoms with Crippen LogP contribution in [0, 0.1) is 0 Å². The molecule has 0 spiro atoms. The van der Waals surface area contributed by atoms with E-state index in [4.69, 9.17) is 16.0 Å². The molecule has 168 valence electrons. The summed E-state index contributed by atoms with van der Waals surface area (Å²) >= 11 is 6.33. The summed E-state index contributed by atoms with van der Waals surface area (Å²) in [6, 6.07) is 22.3. The van der Waals surface area contributed by atoms with Crippen molar-refractivity contribution in [2.45, 2.75) is 33.0 Å². The number of rotatable bonds is 7. The Hall–Kier alpha value is -2.76. The van der Waals surface area contributed by atoms with Crippen molar-refractivity contribution in [3.05, 3.63) is 88.8 Å². The zero-order chi connectivity index (χ0) is 22.5. The van der Waals surface area contributed by atoms with Gasteiger partial charge in [0.15, 0.2) is 5.76 Å². The topological polar surface area (TPSA) is 39.9 Å². The number of piperazine rings is 1. The van der Waals surface area contributed by atoms with Gasteiger partial charge in [0.05, 0.1) is 17.3 Å². The molecule has 2 aromatic carbocycles. The van der Waals surface area contributed by atoms with E-state index >= 15 is 0 Å². The molecule has 1 amide bonds. The molecule has 4 rings (SSSR count). The summed E-state index contributed by atoms with van der Waals surface area (Å²) in [5.41, 5.74) is 2.29. The molecule has 32 heavy (non-hydrogen) atoms. The van der Waals surface area contributed by atoms with Crippen LogP contribution in [0.5, 0.6) is 0 Å². The van der Waals surface area contributed by atoms with Crippen molar-refractivity contribution in [3.63, 3.8) is 0 Å². The fourth-order valence-electron chi connectivity index (χ4n) is 4.03. The molecule has 5 nitrogen and oxygen atoms in total. The second-order valence-electron chi connectivity index (χ2n) is 8.48. The molecule has 0 radical (unpaired) electrons. The molecule has 0 saturated carbocycles. The number of carbonyl (C=O) groups excluding carboxylic acids is 1. The van der Waals surface area contributed by atoms with Gasteiger partial charge in [0.1, 0.15) is 5.76 Å². The van der Waals surface area contributed by atoms with Crippen LogP contribution in [0.3, 0.4) is 0 Å². The third-order valence-electron chi connectivity index (χ3n) is 5.95. The van der Waals surface area contributed by atoms with E-state index in [2.05, 4.69) is 47.9 Å². The van der Waals surface area contributed by atoms with Crippen LogP contribution in [0.15, 0.2) is 71.1 Å².